The molecule has 3 aromatic rings. The lowest BCUT2D eigenvalue weighted by atomic mass is 10.2. The number of halogens is 2. The maximum atomic E-state index is 11.9. The molecule has 128 valence electrons. The number of benzene rings is 2. The summed E-state index contributed by atoms with van der Waals surface area (Å²) in [5, 5.41) is 11.5. The molecular weight excluding hydrogens is 379 g/mol. The van der Waals surface area contributed by atoms with E-state index in [0.29, 0.717) is 33.2 Å². The normalized spacial score (nSPS) is 10.6. The van der Waals surface area contributed by atoms with Crippen LogP contribution in [-0.4, -0.2) is 26.8 Å². The van der Waals surface area contributed by atoms with Gasteiger partial charge in [0.25, 0.3) is 0 Å². The van der Waals surface area contributed by atoms with E-state index in [9.17, 15) is 4.79 Å². The number of aromatic amines is 1. The number of thioether (sulfide) groups is 1. The maximum absolute atomic E-state index is 11.9. The van der Waals surface area contributed by atoms with Crippen molar-refractivity contribution >= 4 is 46.6 Å². The number of carbonyl (C=O) groups is 1. The topological polar surface area (TPSA) is 70.7 Å². The number of anilines is 1. The van der Waals surface area contributed by atoms with Gasteiger partial charge < -0.3 is 5.32 Å². The fourth-order valence-electron chi connectivity index (χ4n) is 2.09. The van der Waals surface area contributed by atoms with E-state index in [4.69, 9.17) is 23.2 Å². The smallest absolute Gasteiger partial charge is 0.225 e. The minimum absolute atomic E-state index is 0.0461. The van der Waals surface area contributed by atoms with Gasteiger partial charge in [-0.3, -0.25) is 9.89 Å². The Hall–Kier alpha value is -2.02. The van der Waals surface area contributed by atoms with E-state index in [0.717, 1.165) is 11.3 Å². The molecule has 5 nitrogen and oxygen atoms in total. The number of aromatic nitrogens is 3. The number of H-pyrrole nitrogens is 1. The summed E-state index contributed by atoms with van der Waals surface area (Å²) in [4.78, 5) is 16.3. The lowest BCUT2D eigenvalue weighted by molar-refractivity contribution is -0.115. The highest BCUT2D eigenvalue weighted by atomic mass is 35.5. The summed E-state index contributed by atoms with van der Waals surface area (Å²) in [6.07, 6.45) is 0.366. The van der Waals surface area contributed by atoms with Gasteiger partial charge in [-0.1, -0.05) is 53.2 Å². The first-order chi connectivity index (χ1) is 12.1. The monoisotopic (exact) mass is 392 g/mol. The van der Waals surface area contributed by atoms with Crippen LogP contribution in [0, 0.1) is 0 Å². The molecule has 0 atom stereocenters. The number of nitrogens with zero attached hydrogens (tertiary/aromatic N) is 2. The van der Waals surface area contributed by atoms with E-state index in [1.807, 2.05) is 30.3 Å². The van der Waals surface area contributed by atoms with Crippen LogP contribution in [0.5, 0.6) is 0 Å². The number of nitrogens with one attached hydrogen (secondary N) is 2. The van der Waals surface area contributed by atoms with Gasteiger partial charge in [-0.2, -0.15) is 0 Å². The third kappa shape index (κ3) is 4.98. The highest BCUT2D eigenvalue weighted by Gasteiger charge is 2.11. The predicted molar refractivity (Wildman–Crippen MR) is 102 cm³/mol. The Labute approximate surface area is 159 Å². The molecule has 1 aromatic heterocycles. The van der Waals surface area contributed by atoms with Crippen molar-refractivity contribution in [3.63, 3.8) is 0 Å². The Morgan fingerprint density at radius 3 is 2.72 bits per heavy atom. The van der Waals surface area contributed by atoms with Crippen molar-refractivity contribution in [1.82, 2.24) is 15.2 Å². The first-order valence-corrected chi connectivity index (χ1v) is 9.21. The molecular formula is C17H14Cl2N4OS. The highest BCUT2D eigenvalue weighted by Crippen LogP contribution is 2.29. The van der Waals surface area contributed by atoms with Gasteiger partial charge in [-0.05, 0) is 30.3 Å². The van der Waals surface area contributed by atoms with Crippen LogP contribution in [0.4, 0.5) is 5.69 Å². The Morgan fingerprint density at radius 2 is 1.96 bits per heavy atom. The molecule has 8 heteroatoms. The largest absolute Gasteiger partial charge is 0.326 e. The molecule has 0 fully saturated rings. The second kappa shape index (κ2) is 8.38. The van der Waals surface area contributed by atoms with Gasteiger partial charge in [0.2, 0.25) is 11.1 Å². The summed E-state index contributed by atoms with van der Waals surface area (Å²) in [5.74, 6) is 1.10. The first kappa shape index (κ1) is 17.8. The number of amides is 1. The van der Waals surface area contributed by atoms with Crippen molar-refractivity contribution in [2.75, 3.05) is 11.1 Å². The van der Waals surface area contributed by atoms with Crippen LogP contribution < -0.4 is 5.32 Å². The molecule has 0 saturated heterocycles. The number of rotatable bonds is 6. The minimum Gasteiger partial charge on any atom is -0.326 e. The van der Waals surface area contributed by atoms with Gasteiger partial charge in [0.15, 0.2) is 5.82 Å². The maximum Gasteiger partial charge on any atom is 0.225 e. The summed E-state index contributed by atoms with van der Waals surface area (Å²) in [7, 11) is 0. The van der Waals surface area contributed by atoms with Gasteiger partial charge in [0.05, 0.1) is 5.02 Å². The molecule has 2 N–H and O–H groups in total. The van der Waals surface area contributed by atoms with Crippen molar-refractivity contribution in [3.8, 4) is 11.4 Å². The average molecular weight is 393 g/mol. The van der Waals surface area contributed by atoms with Crippen LogP contribution in [0.15, 0.2) is 53.7 Å². The van der Waals surface area contributed by atoms with Gasteiger partial charge >= 0.3 is 0 Å². The molecule has 0 bridgehead atoms. The zero-order valence-electron chi connectivity index (χ0n) is 13.0. The van der Waals surface area contributed by atoms with E-state index >= 15 is 0 Å². The lowest BCUT2D eigenvalue weighted by Crippen LogP contribution is -2.11. The predicted octanol–water partition coefficient (Wildman–Crippen LogP) is 4.90. The van der Waals surface area contributed by atoms with Crippen molar-refractivity contribution in [3.05, 3.63) is 58.6 Å². The Bertz CT molecular complexity index is 870. The van der Waals surface area contributed by atoms with Crippen LogP contribution in [0.25, 0.3) is 11.4 Å². The highest BCUT2D eigenvalue weighted by molar-refractivity contribution is 7.99. The minimum atomic E-state index is -0.0461. The molecule has 1 heterocycles. The number of hydrogen-bond donors (Lipinski definition) is 2. The Balaban J connectivity index is 1.53. The van der Waals surface area contributed by atoms with Crippen LogP contribution in [-0.2, 0) is 4.79 Å². The summed E-state index contributed by atoms with van der Waals surface area (Å²) < 4.78 is 0. The summed E-state index contributed by atoms with van der Waals surface area (Å²) >= 11 is 13.5. The Kier molecular flexibility index (Phi) is 5.96. The van der Waals surface area contributed by atoms with Crippen molar-refractivity contribution in [2.24, 2.45) is 0 Å². The number of hydrogen-bond acceptors (Lipinski definition) is 4. The lowest BCUT2D eigenvalue weighted by Gasteiger charge is -2.03. The van der Waals surface area contributed by atoms with Gasteiger partial charge in [-0.25, -0.2) is 4.98 Å². The second-order valence-corrected chi connectivity index (χ2v) is 7.01. The standard InChI is InChI=1S/C17H14Cl2N4OS/c18-11-6-7-13(14(19)10-11)16-21-17(23-22-16)25-9-8-15(24)20-12-4-2-1-3-5-12/h1-7,10H,8-9H2,(H,20,24)(H,21,22,23). The Morgan fingerprint density at radius 1 is 1.16 bits per heavy atom. The molecule has 0 saturated carbocycles. The van der Waals surface area contributed by atoms with Crippen LogP contribution in [0.3, 0.4) is 0 Å². The molecule has 0 unspecified atom stereocenters. The quantitative estimate of drug-likeness (QED) is 0.585. The SMILES string of the molecule is O=C(CCSc1n[nH]c(-c2ccc(Cl)cc2Cl)n1)Nc1ccccc1. The summed E-state index contributed by atoms with van der Waals surface area (Å²) in [5.41, 5.74) is 1.52. The van der Waals surface area contributed by atoms with Gasteiger partial charge in [0, 0.05) is 28.4 Å². The zero-order valence-corrected chi connectivity index (χ0v) is 15.3. The fourth-order valence-corrected chi connectivity index (χ4v) is 3.33. The van der Waals surface area contributed by atoms with Crippen LogP contribution >= 0.6 is 35.0 Å². The van der Waals surface area contributed by atoms with Crippen molar-refractivity contribution in [2.45, 2.75) is 11.6 Å². The summed E-state index contributed by atoms with van der Waals surface area (Å²) in [6, 6.07) is 14.5. The van der Waals surface area contributed by atoms with Crippen molar-refractivity contribution in [1.29, 1.82) is 0 Å². The van der Waals surface area contributed by atoms with E-state index in [1.54, 1.807) is 18.2 Å². The van der Waals surface area contributed by atoms with Crippen molar-refractivity contribution < 1.29 is 4.79 Å². The number of carbonyl (C=O) groups excluding carboxylic acids is 1. The van der Waals surface area contributed by atoms with Gasteiger partial charge in [-0.15, -0.1) is 5.10 Å². The number of para-hydroxylation sites is 1. The molecule has 0 aliphatic carbocycles. The van der Waals surface area contributed by atoms with Gasteiger partial charge in [0.1, 0.15) is 0 Å². The van der Waals surface area contributed by atoms with Crippen LogP contribution in [0.2, 0.25) is 10.0 Å². The molecule has 0 aliphatic rings. The molecule has 25 heavy (non-hydrogen) atoms. The zero-order chi connectivity index (χ0) is 17.6. The fraction of sp³-hybridized carbons (Fsp3) is 0.118. The molecule has 3 rings (SSSR count). The summed E-state index contributed by atoms with van der Waals surface area (Å²) in [6.45, 7) is 0. The first-order valence-electron chi connectivity index (χ1n) is 7.47. The average Bonchev–Trinajstić information content (AvgIpc) is 3.04. The molecule has 0 radical (unpaired) electrons. The molecule has 0 aliphatic heterocycles. The second-order valence-electron chi connectivity index (χ2n) is 5.10. The third-order valence-corrected chi connectivity index (χ3v) is 4.67. The van der Waals surface area contributed by atoms with E-state index in [-0.39, 0.29) is 5.91 Å². The van der Waals surface area contributed by atoms with Crippen LogP contribution in [0.1, 0.15) is 6.42 Å². The third-order valence-electron chi connectivity index (χ3n) is 3.27. The molecule has 0 spiro atoms. The molecule has 1 amide bonds. The van der Waals surface area contributed by atoms with E-state index < -0.39 is 0 Å². The molecule has 2 aromatic carbocycles. The van der Waals surface area contributed by atoms with E-state index in [1.165, 1.54) is 11.8 Å². The van der Waals surface area contributed by atoms with E-state index in [2.05, 4.69) is 20.5 Å².